The van der Waals surface area contributed by atoms with Crippen LogP contribution in [0, 0.1) is 6.92 Å². The van der Waals surface area contributed by atoms with Crippen LogP contribution in [0.3, 0.4) is 0 Å². The van der Waals surface area contributed by atoms with Crippen molar-refractivity contribution in [1.29, 1.82) is 0 Å². The average molecular weight is 343 g/mol. The smallest absolute Gasteiger partial charge is 0.237 e. The molecule has 0 spiro atoms. The summed E-state index contributed by atoms with van der Waals surface area (Å²) in [5.74, 6) is 2.30. The summed E-state index contributed by atoms with van der Waals surface area (Å²) in [6, 6.07) is 8.28. The Bertz CT molecular complexity index is 820. The largest absolute Gasteiger partial charge is 0.383 e. The predicted octanol–water partition coefficient (Wildman–Crippen LogP) is 2.86. The highest BCUT2D eigenvalue weighted by Gasteiger charge is 2.14. The molecule has 0 saturated carbocycles. The number of benzene rings is 1. The highest BCUT2D eigenvalue weighted by molar-refractivity contribution is 7.98. The van der Waals surface area contributed by atoms with Crippen LogP contribution in [0.4, 0.5) is 5.82 Å². The summed E-state index contributed by atoms with van der Waals surface area (Å²) in [4.78, 5) is 13.8. The maximum atomic E-state index is 5.94. The first-order valence-electron chi connectivity index (χ1n) is 7.28. The fourth-order valence-electron chi connectivity index (χ4n) is 2.01. The van der Waals surface area contributed by atoms with Crippen molar-refractivity contribution < 1.29 is 9.26 Å². The van der Waals surface area contributed by atoms with Crippen LogP contribution in [0.25, 0.3) is 11.4 Å². The van der Waals surface area contributed by atoms with Crippen molar-refractivity contribution in [3.63, 3.8) is 0 Å². The zero-order valence-corrected chi connectivity index (χ0v) is 14.2. The second-order valence-electron chi connectivity index (χ2n) is 5.13. The van der Waals surface area contributed by atoms with Gasteiger partial charge in [0, 0.05) is 18.2 Å². The second-order valence-corrected chi connectivity index (χ2v) is 6.18. The molecule has 24 heavy (non-hydrogen) atoms. The maximum absolute atomic E-state index is 5.94. The van der Waals surface area contributed by atoms with Crippen molar-refractivity contribution >= 4 is 17.6 Å². The minimum absolute atomic E-state index is 0.301. The summed E-state index contributed by atoms with van der Waals surface area (Å²) < 4.78 is 10.3. The first kappa shape index (κ1) is 16.4. The van der Waals surface area contributed by atoms with Gasteiger partial charge < -0.3 is 15.0 Å². The Morgan fingerprint density at radius 2 is 2.00 bits per heavy atom. The molecule has 2 aromatic heterocycles. The van der Waals surface area contributed by atoms with E-state index in [0.29, 0.717) is 41.3 Å². The number of hydrogen-bond acceptors (Lipinski definition) is 8. The zero-order valence-electron chi connectivity index (χ0n) is 13.4. The number of thioether (sulfide) groups is 1. The minimum atomic E-state index is 0.301. The summed E-state index contributed by atoms with van der Waals surface area (Å²) in [7, 11) is 1.57. The molecule has 0 aliphatic rings. The van der Waals surface area contributed by atoms with Gasteiger partial charge in [-0.2, -0.15) is 4.98 Å². The third-order valence-corrected chi connectivity index (χ3v) is 4.23. The Morgan fingerprint density at radius 3 is 2.71 bits per heavy atom. The number of nitrogen functional groups attached to an aromatic ring is 1. The molecule has 3 aromatic rings. The summed E-state index contributed by atoms with van der Waals surface area (Å²) in [6.07, 6.45) is 1.58. The van der Waals surface area contributed by atoms with Crippen LogP contribution < -0.4 is 5.73 Å². The molecule has 2 heterocycles. The van der Waals surface area contributed by atoms with E-state index in [2.05, 4.69) is 51.3 Å². The number of aromatic nitrogens is 4. The van der Waals surface area contributed by atoms with Gasteiger partial charge in [0.05, 0.1) is 11.3 Å². The Labute approximate surface area is 143 Å². The van der Waals surface area contributed by atoms with Crippen LogP contribution in [0.2, 0.25) is 0 Å². The van der Waals surface area contributed by atoms with Crippen molar-refractivity contribution in [3.8, 4) is 11.4 Å². The zero-order chi connectivity index (χ0) is 16.9. The van der Waals surface area contributed by atoms with Gasteiger partial charge >= 0.3 is 0 Å². The molecule has 0 fully saturated rings. The molecule has 0 saturated heterocycles. The number of rotatable bonds is 6. The van der Waals surface area contributed by atoms with Gasteiger partial charge in [0.2, 0.25) is 11.7 Å². The van der Waals surface area contributed by atoms with Crippen molar-refractivity contribution in [2.75, 3.05) is 12.8 Å². The van der Waals surface area contributed by atoms with Crippen molar-refractivity contribution in [2.24, 2.45) is 0 Å². The summed E-state index contributed by atoms with van der Waals surface area (Å²) in [5.41, 5.74) is 7.71. The van der Waals surface area contributed by atoms with Crippen molar-refractivity contribution in [1.82, 2.24) is 20.1 Å². The van der Waals surface area contributed by atoms with Crippen LogP contribution in [-0.2, 0) is 17.1 Å². The lowest BCUT2D eigenvalue weighted by Gasteiger charge is -2.02. The van der Waals surface area contributed by atoms with Crippen molar-refractivity contribution in [2.45, 2.75) is 24.2 Å². The van der Waals surface area contributed by atoms with E-state index < -0.39 is 0 Å². The molecule has 0 aliphatic heterocycles. The minimum Gasteiger partial charge on any atom is -0.383 e. The van der Waals surface area contributed by atoms with Gasteiger partial charge in [-0.1, -0.05) is 22.9 Å². The highest BCUT2D eigenvalue weighted by atomic mass is 32.2. The Hall–Kier alpha value is -2.45. The number of aryl methyl sites for hydroxylation is 1. The molecule has 0 aliphatic carbocycles. The normalized spacial score (nSPS) is 10.9. The van der Waals surface area contributed by atoms with Gasteiger partial charge in [-0.3, -0.25) is 0 Å². The molecule has 0 amide bonds. The quantitative estimate of drug-likeness (QED) is 0.682. The average Bonchev–Trinajstić information content (AvgIpc) is 3.03. The van der Waals surface area contributed by atoms with E-state index >= 15 is 0 Å². The van der Waals surface area contributed by atoms with E-state index in [0.717, 1.165) is 4.90 Å². The van der Waals surface area contributed by atoms with Gasteiger partial charge in [-0.25, -0.2) is 9.97 Å². The predicted molar refractivity (Wildman–Crippen MR) is 91.2 cm³/mol. The molecule has 7 nitrogen and oxygen atoms in total. The van der Waals surface area contributed by atoms with Crippen molar-refractivity contribution in [3.05, 3.63) is 47.7 Å². The van der Waals surface area contributed by atoms with Gasteiger partial charge in [0.25, 0.3) is 0 Å². The molecule has 0 unspecified atom stereocenters. The first-order chi connectivity index (χ1) is 11.7. The van der Waals surface area contributed by atoms with E-state index in [9.17, 15) is 0 Å². The lowest BCUT2D eigenvalue weighted by atomic mass is 10.2. The monoisotopic (exact) mass is 343 g/mol. The van der Waals surface area contributed by atoms with E-state index in [4.69, 9.17) is 15.0 Å². The van der Waals surface area contributed by atoms with Crippen LogP contribution in [0.5, 0.6) is 0 Å². The maximum Gasteiger partial charge on any atom is 0.237 e. The molecular formula is C16H17N5O2S. The van der Waals surface area contributed by atoms with E-state index in [1.54, 1.807) is 25.1 Å². The summed E-state index contributed by atoms with van der Waals surface area (Å²) in [6.45, 7) is 2.36. The molecule has 1 aromatic carbocycles. The number of nitrogens with zero attached hydrogens (tertiary/aromatic N) is 4. The number of ether oxygens (including phenoxy) is 1. The third kappa shape index (κ3) is 3.90. The number of anilines is 1. The van der Waals surface area contributed by atoms with E-state index in [1.165, 1.54) is 5.56 Å². The Kier molecular flexibility index (Phi) is 5.07. The second kappa shape index (κ2) is 7.41. The van der Waals surface area contributed by atoms with Crippen LogP contribution >= 0.6 is 11.8 Å². The topological polar surface area (TPSA) is 100.0 Å². The molecule has 2 N–H and O–H groups in total. The number of methoxy groups -OCH3 is 1. The number of nitrogens with two attached hydrogens (primary N) is 1. The van der Waals surface area contributed by atoms with Crippen LogP contribution in [-0.4, -0.2) is 27.2 Å². The molecule has 124 valence electrons. The fraction of sp³-hybridized carbons (Fsp3) is 0.250. The molecule has 3 rings (SSSR count). The van der Waals surface area contributed by atoms with E-state index in [-0.39, 0.29) is 0 Å². The third-order valence-electron chi connectivity index (χ3n) is 3.23. The molecule has 0 radical (unpaired) electrons. The SMILES string of the molecule is COCc1ncc(-c2noc(CSc3ccc(C)cc3)n2)c(N)n1. The van der Waals surface area contributed by atoms with Gasteiger partial charge in [-0.05, 0) is 19.1 Å². The number of hydrogen-bond donors (Lipinski definition) is 1. The van der Waals surface area contributed by atoms with Crippen LogP contribution in [0.15, 0.2) is 39.9 Å². The van der Waals surface area contributed by atoms with Crippen LogP contribution in [0.1, 0.15) is 17.3 Å². The fourth-order valence-corrected chi connectivity index (χ4v) is 2.74. The molecule has 0 bridgehead atoms. The molecule has 8 heteroatoms. The lowest BCUT2D eigenvalue weighted by molar-refractivity contribution is 0.178. The van der Waals surface area contributed by atoms with Gasteiger partial charge in [0.1, 0.15) is 12.4 Å². The highest BCUT2D eigenvalue weighted by Crippen LogP contribution is 2.25. The molecular weight excluding hydrogens is 326 g/mol. The van der Waals surface area contributed by atoms with Gasteiger partial charge in [0.15, 0.2) is 5.82 Å². The molecule has 0 atom stereocenters. The Balaban J connectivity index is 1.70. The van der Waals surface area contributed by atoms with Gasteiger partial charge in [-0.15, -0.1) is 11.8 Å². The first-order valence-corrected chi connectivity index (χ1v) is 8.27. The Morgan fingerprint density at radius 1 is 1.21 bits per heavy atom. The summed E-state index contributed by atoms with van der Waals surface area (Å²) in [5, 5.41) is 3.96. The standard InChI is InChI=1S/C16H17N5O2S/c1-10-3-5-11(6-4-10)24-9-14-20-16(21-23-14)12-7-18-13(8-22-2)19-15(12)17/h3-7H,8-9H2,1-2H3,(H2,17,18,19). The van der Waals surface area contributed by atoms with E-state index in [1.807, 2.05) is 0 Å². The summed E-state index contributed by atoms with van der Waals surface area (Å²) >= 11 is 1.63. The lowest BCUT2D eigenvalue weighted by Crippen LogP contribution is -2.03.